The van der Waals surface area contributed by atoms with E-state index in [-0.39, 0.29) is 11.7 Å². The third-order valence-corrected chi connectivity index (χ3v) is 5.06. The average molecular weight is 329 g/mol. The molecule has 5 heteroatoms. The van der Waals surface area contributed by atoms with Crippen molar-refractivity contribution >= 4 is 15.7 Å². The summed E-state index contributed by atoms with van der Waals surface area (Å²) in [6.45, 7) is 0.364. The molecule has 0 saturated heterocycles. The predicted octanol–water partition coefficient (Wildman–Crippen LogP) is 2.42. The number of carbonyl (C=O) groups is 1. The summed E-state index contributed by atoms with van der Waals surface area (Å²) in [7, 11) is -2.98. The standard InChI is InChI=1S/C18H19NO3S/c1-23(21,22)10-4-9-19-18(20)14-7-8-17-15(12-14)11-13-5-2-3-6-16(13)17/h2-3,5-8,12H,4,9-11H2,1H3,(H,19,20). The summed E-state index contributed by atoms with van der Waals surface area (Å²) in [6.07, 6.45) is 2.48. The second-order valence-electron chi connectivity index (χ2n) is 5.95. The lowest BCUT2D eigenvalue weighted by Crippen LogP contribution is -2.25. The SMILES string of the molecule is CS(=O)(=O)CCCNC(=O)c1ccc2c(c1)Cc1ccccc1-2. The van der Waals surface area contributed by atoms with Gasteiger partial charge >= 0.3 is 0 Å². The Bertz CT molecular complexity index is 856. The number of hydrogen-bond donors (Lipinski definition) is 1. The summed E-state index contributed by atoms with van der Waals surface area (Å²) in [5.41, 5.74) is 5.50. The van der Waals surface area contributed by atoms with Gasteiger partial charge in [-0.15, -0.1) is 0 Å². The Hall–Kier alpha value is -2.14. The fourth-order valence-electron chi connectivity index (χ4n) is 2.92. The van der Waals surface area contributed by atoms with Crippen LogP contribution in [0, 0.1) is 0 Å². The number of carbonyl (C=O) groups excluding carboxylic acids is 1. The van der Waals surface area contributed by atoms with Gasteiger partial charge in [-0.1, -0.05) is 30.3 Å². The monoisotopic (exact) mass is 329 g/mol. The first-order chi connectivity index (χ1) is 10.9. The van der Waals surface area contributed by atoms with Crippen molar-refractivity contribution in [3.05, 3.63) is 59.2 Å². The van der Waals surface area contributed by atoms with Gasteiger partial charge in [-0.2, -0.15) is 0 Å². The lowest BCUT2D eigenvalue weighted by Gasteiger charge is -2.07. The van der Waals surface area contributed by atoms with E-state index >= 15 is 0 Å². The maximum atomic E-state index is 12.2. The van der Waals surface area contributed by atoms with Gasteiger partial charge in [-0.25, -0.2) is 8.42 Å². The molecule has 0 atom stereocenters. The molecule has 2 aromatic carbocycles. The van der Waals surface area contributed by atoms with Crippen LogP contribution in [0.1, 0.15) is 27.9 Å². The topological polar surface area (TPSA) is 63.2 Å². The molecule has 1 amide bonds. The summed E-state index contributed by atoms with van der Waals surface area (Å²) in [5, 5.41) is 2.78. The number of fused-ring (bicyclic) bond motifs is 3. The summed E-state index contributed by atoms with van der Waals surface area (Å²) in [6, 6.07) is 14.0. The number of amides is 1. The molecule has 3 rings (SSSR count). The zero-order chi connectivity index (χ0) is 16.4. The van der Waals surface area contributed by atoms with Crippen molar-refractivity contribution in [2.75, 3.05) is 18.6 Å². The van der Waals surface area contributed by atoms with E-state index < -0.39 is 9.84 Å². The number of rotatable bonds is 5. The molecule has 0 radical (unpaired) electrons. The highest BCUT2D eigenvalue weighted by molar-refractivity contribution is 7.90. The van der Waals surface area contributed by atoms with Crippen molar-refractivity contribution < 1.29 is 13.2 Å². The maximum Gasteiger partial charge on any atom is 0.251 e. The number of benzene rings is 2. The Labute approximate surface area is 136 Å². The van der Waals surface area contributed by atoms with Gasteiger partial charge in [0.2, 0.25) is 0 Å². The van der Waals surface area contributed by atoms with Crippen molar-refractivity contribution in [2.24, 2.45) is 0 Å². The molecule has 120 valence electrons. The minimum Gasteiger partial charge on any atom is -0.352 e. The Kier molecular flexibility index (Phi) is 4.22. The minimum atomic E-state index is -2.98. The van der Waals surface area contributed by atoms with Gasteiger partial charge in [0.15, 0.2) is 0 Å². The Balaban J connectivity index is 1.66. The highest BCUT2D eigenvalue weighted by Crippen LogP contribution is 2.36. The molecule has 4 nitrogen and oxygen atoms in total. The first-order valence-electron chi connectivity index (χ1n) is 7.61. The lowest BCUT2D eigenvalue weighted by molar-refractivity contribution is 0.0953. The molecular weight excluding hydrogens is 310 g/mol. The van der Waals surface area contributed by atoms with Crippen LogP contribution < -0.4 is 5.32 Å². The van der Waals surface area contributed by atoms with Crippen molar-refractivity contribution in [3.8, 4) is 11.1 Å². The van der Waals surface area contributed by atoms with Crippen LogP contribution in [-0.4, -0.2) is 32.9 Å². The summed E-state index contributed by atoms with van der Waals surface area (Å²) < 4.78 is 22.1. The molecule has 0 heterocycles. The molecule has 0 unspecified atom stereocenters. The molecule has 0 fully saturated rings. The predicted molar refractivity (Wildman–Crippen MR) is 91.3 cm³/mol. The molecule has 0 saturated carbocycles. The lowest BCUT2D eigenvalue weighted by atomic mass is 10.0. The maximum absolute atomic E-state index is 12.2. The molecule has 0 spiro atoms. The van der Waals surface area contributed by atoms with E-state index in [9.17, 15) is 13.2 Å². The Morgan fingerprint density at radius 1 is 1.09 bits per heavy atom. The molecule has 2 aromatic rings. The summed E-state index contributed by atoms with van der Waals surface area (Å²) in [5.74, 6) is -0.0653. The van der Waals surface area contributed by atoms with Crippen LogP contribution in [0.3, 0.4) is 0 Å². The number of sulfone groups is 1. The van der Waals surface area contributed by atoms with Crippen LogP contribution in [0.5, 0.6) is 0 Å². The van der Waals surface area contributed by atoms with E-state index in [1.807, 2.05) is 30.3 Å². The molecular formula is C18H19NO3S. The van der Waals surface area contributed by atoms with Crippen LogP contribution >= 0.6 is 0 Å². The third kappa shape index (κ3) is 3.62. The van der Waals surface area contributed by atoms with Gasteiger partial charge in [0, 0.05) is 18.4 Å². The summed E-state index contributed by atoms with van der Waals surface area (Å²) in [4.78, 5) is 12.2. The molecule has 0 bridgehead atoms. The smallest absolute Gasteiger partial charge is 0.251 e. The van der Waals surface area contributed by atoms with Gasteiger partial charge < -0.3 is 5.32 Å². The van der Waals surface area contributed by atoms with Crippen LogP contribution in [0.4, 0.5) is 0 Å². The number of nitrogens with one attached hydrogen (secondary N) is 1. The van der Waals surface area contributed by atoms with Crippen molar-refractivity contribution in [1.29, 1.82) is 0 Å². The third-order valence-electron chi connectivity index (χ3n) is 4.03. The average Bonchev–Trinajstić information content (AvgIpc) is 2.88. The van der Waals surface area contributed by atoms with E-state index in [2.05, 4.69) is 17.4 Å². The van der Waals surface area contributed by atoms with Crippen molar-refractivity contribution in [2.45, 2.75) is 12.8 Å². The summed E-state index contributed by atoms with van der Waals surface area (Å²) >= 11 is 0. The van der Waals surface area contributed by atoms with Crippen molar-refractivity contribution in [1.82, 2.24) is 5.32 Å². The zero-order valence-electron chi connectivity index (χ0n) is 13.0. The van der Waals surface area contributed by atoms with E-state index in [1.54, 1.807) is 0 Å². The van der Waals surface area contributed by atoms with E-state index in [4.69, 9.17) is 0 Å². The molecule has 1 N–H and O–H groups in total. The molecule has 0 aromatic heterocycles. The first kappa shape index (κ1) is 15.7. The van der Waals surface area contributed by atoms with Gasteiger partial charge in [0.1, 0.15) is 9.84 Å². The normalized spacial score (nSPS) is 12.6. The van der Waals surface area contributed by atoms with Gasteiger partial charge in [-0.05, 0) is 47.2 Å². The Morgan fingerprint density at radius 2 is 1.83 bits per heavy atom. The minimum absolute atomic E-state index is 0.0901. The molecule has 1 aliphatic carbocycles. The van der Waals surface area contributed by atoms with E-state index in [1.165, 1.54) is 22.9 Å². The van der Waals surface area contributed by atoms with Crippen LogP contribution in [0.25, 0.3) is 11.1 Å². The largest absolute Gasteiger partial charge is 0.352 e. The quantitative estimate of drug-likeness (QED) is 0.731. The zero-order valence-corrected chi connectivity index (χ0v) is 13.8. The van der Waals surface area contributed by atoms with E-state index in [0.29, 0.717) is 18.5 Å². The highest BCUT2D eigenvalue weighted by atomic mass is 32.2. The van der Waals surface area contributed by atoms with E-state index in [0.717, 1.165) is 12.0 Å². The van der Waals surface area contributed by atoms with Crippen LogP contribution in [0.15, 0.2) is 42.5 Å². The second kappa shape index (κ2) is 6.16. The first-order valence-corrected chi connectivity index (χ1v) is 9.67. The second-order valence-corrected chi connectivity index (χ2v) is 8.20. The van der Waals surface area contributed by atoms with Gasteiger partial charge in [0.25, 0.3) is 5.91 Å². The fraction of sp³-hybridized carbons (Fsp3) is 0.278. The fourth-order valence-corrected chi connectivity index (χ4v) is 3.59. The molecule has 0 aliphatic heterocycles. The molecule has 1 aliphatic rings. The van der Waals surface area contributed by atoms with Crippen LogP contribution in [-0.2, 0) is 16.3 Å². The molecule has 23 heavy (non-hydrogen) atoms. The highest BCUT2D eigenvalue weighted by Gasteiger charge is 2.19. The van der Waals surface area contributed by atoms with Gasteiger partial charge in [-0.3, -0.25) is 4.79 Å². The Morgan fingerprint density at radius 3 is 2.61 bits per heavy atom. The van der Waals surface area contributed by atoms with Crippen molar-refractivity contribution in [3.63, 3.8) is 0 Å². The van der Waals surface area contributed by atoms with Gasteiger partial charge in [0.05, 0.1) is 5.75 Å². The van der Waals surface area contributed by atoms with Crippen LogP contribution in [0.2, 0.25) is 0 Å². The number of hydrogen-bond acceptors (Lipinski definition) is 3.